The molecule has 4 rings (SSSR count). The highest BCUT2D eigenvalue weighted by atomic mass is 35.5. The molecule has 2 bridgehead atoms. The summed E-state index contributed by atoms with van der Waals surface area (Å²) < 4.78 is 5.56. The van der Waals surface area contributed by atoms with E-state index in [-0.39, 0.29) is 23.6 Å². The van der Waals surface area contributed by atoms with Crippen LogP contribution in [0, 0.1) is 0 Å². The fourth-order valence-electron chi connectivity index (χ4n) is 3.32. The first-order valence-corrected chi connectivity index (χ1v) is 7.55. The number of ether oxygens (including phenoxy) is 1. The number of methoxy groups -OCH3 is 1. The maximum Gasteiger partial charge on any atom is 0.251 e. The van der Waals surface area contributed by atoms with Gasteiger partial charge in [0.1, 0.15) is 6.23 Å². The highest BCUT2D eigenvalue weighted by Gasteiger charge is 2.56. The molecule has 1 aromatic rings. The van der Waals surface area contributed by atoms with Gasteiger partial charge in [-0.15, -0.1) is 11.6 Å². The molecular formula is C15H20ClN3O2. The van der Waals surface area contributed by atoms with Crippen molar-refractivity contribution in [1.82, 2.24) is 10.2 Å². The molecule has 3 N–H and O–H groups in total. The Bertz CT molecular complexity index is 527. The first-order valence-electron chi connectivity index (χ1n) is 7.12. The molecule has 5 unspecified atom stereocenters. The summed E-state index contributed by atoms with van der Waals surface area (Å²) in [5.74, 6) is -0.148. The predicted octanol–water partition coefficient (Wildman–Crippen LogP) is 0.782. The van der Waals surface area contributed by atoms with Crippen molar-refractivity contribution in [3.05, 3.63) is 35.9 Å². The van der Waals surface area contributed by atoms with Crippen LogP contribution in [0.15, 0.2) is 30.3 Å². The van der Waals surface area contributed by atoms with E-state index in [1.165, 1.54) is 0 Å². The highest BCUT2D eigenvalue weighted by Crippen LogP contribution is 2.37. The van der Waals surface area contributed by atoms with Crippen molar-refractivity contribution < 1.29 is 9.53 Å². The van der Waals surface area contributed by atoms with Crippen molar-refractivity contribution in [2.24, 2.45) is 5.73 Å². The molecular weight excluding hydrogens is 290 g/mol. The number of hydrogen-bond donors (Lipinski definition) is 2. The minimum absolute atomic E-state index is 0.148. The fraction of sp³-hybridized carbons (Fsp3) is 0.533. The second kappa shape index (κ2) is 5.57. The van der Waals surface area contributed by atoms with Crippen molar-refractivity contribution in [1.29, 1.82) is 0 Å². The summed E-state index contributed by atoms with van der Waals surface area (Å²) in [6, 6.07) is 8.78. The van der Waals surface area contributed by atoms with E-state index >= 15 is 0 Å². The van der Waals surface area contributed by atoms with Crippen LogP contribution in [-0.4, -0.2) is 54.2 Å². The molecule has 3 aliphatic rings. The van der Waals surface area contributed by atoms with Crippen LogP contribution in [0.2, 0.25) is 0 Å². The number of rotatable bonds is 3. The number of nitrogens with two attached hydrogens (primary N) is 1. The quantitative estimate of drug-likeness (QED) is 0.810. The maximum absolute atomic E-state index is 12.4. The Hall–Kier alpha value is -1.14. The van der Waals surface area contributed by atoms with Crippen LogP contribution in [0.3, 0.4) is 0 Å². The lowest BCUT2D eigenvalue weighted by Crippen LogP contribution is -2.80. The van der Waals surface area contributed by atoms with Gasteiger partial charge in [-0.3, -0.25) is 9.69 Å². The molecule has 1 amide bonds. The Labute approximate surface area is 129 Å². The van der Waals surface area contributed by atoms with E-state index < -0.39 is 5.54 Å². The minimum Gasteiger partial charge on any atom is -0.364 e. The molecule has 21 heavy (non-hydrogen) atoms. The van der Waals surface area contributed by atoms with Gasteiger partial charge in [0, 0.05) is 25.8 Å². The van der Waals surface area contributed by atoms with Gasteiger partial charge in [-0.25, -0.2) is 0 Å². The molecule has 114 valence electrons. The van der Waals surface area contributed by atoms with E-state index in [0.29, 0.717) is 12.1 Å². The predicted molar refractivity (Wildman–Crippen MR) is 81.2 cm³/mol. The number of halogens is 1. The molecule has 0 aliphatic carbocycles. The summed E-state index contributed by atoms with van der Waals surface area (Å²) in [5, 5.41) is 2.83. The molecule has 5 nitrogen and oxygen atoms in total. The SMILES string of the molecule is COC1C(NC(=O)c2ccccc2)C2(N)CCN1CC2Cl. The third-order valence-electron chi connectivity index (χ3n) is 4.60. The largest absolute Gasteiger partial charge is 0.364 e. The summed E-state index contributed by atoms with van der Waals surface area (Å²) in [5.41, 5.74) is 6.50. The van der Waals surface area contributed by atoms with Gasteiger partial charge in [0.2, 0.25) is 0 Å². The van der Waals surface area contributed by atoms with Gasteiger partial charge in [0.25, 0.3) is 5.91 Å². The van der Waals surface area contributed by atoms with Gasteiger partial charge < -0.3 is 15.8 Å². The Balaban J connectivity index is 1.84. The standard InChI is InChI=1S/C15H20ClN3O2/c1-21-14-12(15(17)7-8-19(14)9-11(15)16)18-13(20)10-5-3-2-4-6-10/h2-6,11-12,14H,7-9,17H2,1H3,(H,18,20). The molecule has 1 aromatic carbocycles. The second-order valence-electron chi connectivity index (χ2n) is 5.77. The fourth-order valence-corrected chi connectivity index (χ4v) is 3.75. The molecule has 3 fully saturated rings. The number of carbonyl (C=O) groups excluding carboxylic acids is 1. The number of amides is 1. The smallest absolute Gasteiger partial charge is 0.251 e. The zero-order chi connectivity index (χ0) is 15.0. The van der Waals surface area contributed by atoms with Crippen LogP contribution in [0.1, 0.15) is 16.8 Å². The topological polar surface area (TPSA) is 67.6 Å². The van der Waals surface area contributed by atoms with Crippen molar-refractivity contribution in [3.8, 4) is 0 Å². The lowest BCUT2D eigenvalue weighted by atomic mass is 9.75. The molecule has 0 saturated carbocycles. The number of nitrogens with zero attached hydrogens (tertiary/aromatic N) is 1. The molecule has 3 saturated heterocycles. The highest BCUT2D eigenvalue weighted by molar-refractivity contribution is 6.22. The lowest BCUT2D eigenvalue weighted by Gasteiger charge is -2.57. The van der Waals surface area contributed by atoms with Crippen LogP contribution in [-0.2, 0) is 4.74 Å². The monoisotopic (exact) mass is 309 g/mol. The van der Waals surface area contributed by atoms with Crippen molar-refractivity contribution in [2.45, 2.75) is 29.6 Å². The van der Waals surface area contributed by atoms with Crippen molar-refractivity contribution in [2.75, 3.05) is 20.2 Å². The number of fused-ring (bicyclic) bond motifs is 3. The number of hydrogen-bond acceptors (Lipinski definition) is 4. The van der Waals surface area contributed by atoms with Crippen LogP contribution in [0.4, 0.5) is 0 Å². The van der Waals surface area contributed by atoms with Gasteiger partial charge in [-0.1, -0.05) is 18.2 Å². The summed E-state index contributed by atoms with van der Waals surface area (Å²) in [6.45, 7) is 1.53. The van der Waals surface area contributed by atoms with Gasteiger partial charge in [0.05, 0.1) is 17.0 Å². The maximum atomic E-state index is 12.4. The van der Waals surface area contributed by atoms with Gasteiger partial charge >= 0.3 is 0 Å². The van der Waals surface area contributed by atoms with E-state index in [0.717, 1.165) is 13.0 Å². The summed E-state index contributed by atoms with van der Waals surface area (Å²) >= 11 is 6.43. The van der Waals surface area contributed by atoms with E-state index in [4.69, 9.17) is 22.1 Å². The third-order valence-corrected chi connectivity index (χ3v) is 5.14. The van der Waals surface area contributed by atoms with Crippen molar-refractivity contribution >= 4 is 17.5 Å². The number of benzene rings is 1. The number of alkyl halides is 1. The van der Waals surface area contributed by atoms with Crippen molar-refractivity contribution in [3.63, 3.8) is 0 Å². The molecule has 3 heterocycles. The second-order valence-corrected chi connectivity index (χ2v) is 6.30. The lowest BCUT2D eigenvalue weighted by molar-refractivity contribution is -0.128. The number of nitrogens with one attached hydrogen (secondary N) is 1. The Morgan fingerprint density at radius 2 is 2.19 bits per heavy atom. The van der Waals surface area contributed by atoms with Gasteiger partial charge in [-0.05, 0) is 18.6 Å². The molecule has 0 radical (unpaired) electrons. The average molecular weight is 310 g/mol. The zero-order valence-electron chi connectivity index (χ0n) is 12.0. The third kappa shape index (κ3) is 2.44. The minimum atomic E-state index is -0.637. The Morgan fingerprint density at radius 1 is 1.48 bits per heavy atom. The molecule has 6 heteroatoms. The first kappa shape index (κ1) is 14.8. The van der Waals surface area contributed by atoms with Crippen LogP contribution >= 0.6 is 11.6 Å². The Morgan fingerprint density at radius 3 is 2.81 bits per heavy atom. The number of piperidine rings is 3. The zero-order valence-corrected chi connectivity index (χ0v) is 12.7. The molecule has 0 spiro atoms. The van der Waals surface area contributed by atoms with E-state index in [2.05, 4.69) is 10.2 Å². The van der Waals surface area contributed by atoms with Crippen LogP contribution in [0.25, 0.3) is 0 Å². The molecule has 0 aromatic heterocycles. The summed E-state index contributed by atoms with van der Waals surface area (Å²) in [4.78, 5) is 14.6. The van der Waals surface area contributed by atoms with Gasteiger partial charge in [-0.2, -0.15) is 0 Å². The van der Waals surface area contributed by atoms with E-state index in [1.807, 2.05) is 18.2 Å². The average Bonchev–Trinajstić information content (AvgIpc) is 2.50. The Kier molecular flexibility index (Phi) is 3.92. The summed E-state index contributed by atoms with van der Waals surface area (Å²) in [7, 11) is 1.64. The molecule has 3 aliphatic heterocycles. The summed E-state index contributed by atoms with van der Waals surface area (Å²) in [6.07, 6.45) is 0.521. The van der Waals surface area contributed by atoms with Gasteiger partial charge in [0.15, 0.2) is 0 Å². The molecule has 5 atom stereocenters. The number of carbonyl (C=O) groups is 1. The first-order chi connectivity index (χ1) is 10.1. The van der Waals surface area contributed by atoms with E-state index in [1.54, 1.807) is 19.2 Å². The van der Waals surface area contributed by atoms with Crippen LogP contribution < -0.4 is 11.1 Å². The van der Waals surface area contributed by atoms with E-state index in [9.17, 15) is 4.79 Å². The van der Waals surface area contributed by atoms with Crippen LogP contribution in [0.5, 0.6) is 0 Å². The normalized spacial score (nSPS) is 38.2.